The summed E-state index contributed by atoms with van der Waals surface area (Å²) in [5.74, 6) is 1.13. The molecule has 1 heterocycles. The first-order valence-corrected chi connectivity index (χ1v) is 11.5. The second-order valence-electron chi connectivity index (χ2n) is 8.91. The Morgan fingerprint density at radius 2 is 1.90 bits per heavy atom. The van der Waals surface area contributed by atoms with Crippen LogP contribution in [0.4, 0.5) is 0 Å². The number of nitrogens with one attached hydrogen (secondary N) is 1. The molecular weight excluding hydrogens is 362 g/mol. The molecule has 0 aliphatic heterocycles. The zero-order valence-electron chi connectivity index (χ0n) is 20.6. The van der Waals surface area contributed by atoms with Crippen LogP contribution in [0.5, 0.6) is 0 Å². The quantitative estimate of drug-likeness (QED) is 0.439. The Hall–Kier alpha value is -2.28. The molecule has 1 atom stereocenters. The van der Waals surface area contributed by atoms with Crippen LogP contribution in [0.3, 0.4) is 0 Å². The zero-order chi connectivity index (χ0) is 22.4. The van der Waals surface area contributed by atoms with E-state index >= 15 is 0 Å². The number of aromatic amines is 1. The number of aromatic nitrogens is 1. The van der Waals surface area contributed by atoms with Gasteiger partial charge in [-0.2, -0.15) is 0 Å². The highest BCUT2D eigenvalue weighted by Gasteiger charge is 2.16. The molecular formula is C29H41N. The molecule has 0 fully saturated rings. The van der Waals surface area contributed by atoms with Crippen molar-refractivity contribution in [3.05, 3.63) is 87.3 Å². The Bertz CT molecular complexity index is 935. The maximum atomic E-state index is 3.58. The van der Waals surface area contributed by atoms with E-state index in [0.717, 1.165) is 12.8 Å². The first-order valence-electron chi connectivity index (χ1n) is 11.5. The van der Waals surface area contributed by atoms with Gasteiger partial charge in [0.05, 0.1) is 0 Å². The van der Waals surface area contributed by atoms with Gasteiger partial charge in [-0.15, -0.1) is 0 Å². The van der Waals surface area contributed by atoms with Crippen LogP contribution in [-0.2, 0) is 6.42 Å². The lowest BCUT2D eigenvalue weighted by Crippen LogP contribution is -2.02. The molecule has 0 spiro atoms. The summed E-state index contributed by atoms with van der Waals surface area (Å²) in [7, 11) is 0. The van der Waals surface area contributed by atoms with Crippen molar-refractivity contribution in [2.45, 2.75) is 75.2 Å². The molecule has 0 aromatic carbocycles. The summed E-state index contributed by atoms with van der Waals surface area (Å²) in [5.41, 5.74) is 12.0. The zero-order valence-corrected chi connectivity index (χ0v) is 20.6. The van der Waals surface area contributed by atoms with E-state index in [-0.39, 0.29) is 0 Å². The Kier molecular flexibility index (Phi) is 8.53. The fraction of sp³-hybridized carbons (Fsp3) is 0.448. The molecule has 0 bridgehead atoms. The molecule has 1 aliphatic carbocycles. The van der Waals surface area contributed by atoms with Crippen LogP contribution in [0.1, 0.15) is 77.4 Å². The van der Waals surface area contributed by atoms with Crippen molar-refractivity contribution in [1.82, 2.24) is 4.98 Å². The largest absolute Gasteiger partial charge is 0.362 e. The molecule has 1 N–H and O–H groups in total. The Balaban J connectivity index is 2.51. The number of aryl methyl sites for hydroxylation is 2. The van der Waals surface area contributed by atoms with Crippen molar-refractivity contribution in [2.75, 3.05) is 0 Å². The molecule has 0 saturated heterocycles. The predicted molar refractivity (Wildman–Crippen MR) is 135 cm³/mol. The van der Waals surface area contributed by atoms with Gasteiger partial charge in [-0.1, -0.05) is 70.2 Å². The highest BCUT2D eigenvalue weighted by Crippen LogP contribution is 2.34. The summed E-state index contributed by atoms with van der Waals surface area (Å²) in [6.07, 6.45) is 18.5. The third-order valence-corrected chi connectivity index (χ3v) is 5.99. The van der Waals surface area contributed by atoms with E-state index in [1.54, 1.807) is 0 Å². The van der Waals surface area contributed by atoms with Crippen molar-refractivity contribution < 1.29 is 0 Å². The van der Waals surface area contributed by atoms with Crippen molar-refractivity contribution in [1.29, 1.82) is 0 Å². The maximum absolute atomic E-state index is 3.58. The topological polar surface area (TPSA) is 15.8 Å². The molecule has 0 saturated carbocycles. The van der Waals surface area contributed by atoms with Crippen LogP contribution in [0.25, 0.3) is 5.57 Å². The standard InChI is InChI=1S/C29H41N/c1-10-24(29-22(8)28(12-3)30-23(29)9)18-21(7)26(11-2)27(17-19(4)5)25-15-13-20(6)14-16-25/h10-11,13,15-20,30H,12,14H2,1-9H3/b21-18-,24-10+,26-11?,27-17-. The average Bonchev–Trinajstić information content (AvgIpc) is 2.99. The molecule has 30 heavy (non-hydrogen) atoms. The number of rotatable bonds is 7. The van der Waals surface area contributed by atoms with Gasteiger partial charge >= 0.3 is 0 Å². The monoisotopic (exact) mass is 403 g/mol. The van der Waals surface area contributed by atoms with Gasteiger partial charge in [-0.3, -0.25) is 0 Å². The van der Waals surface area contributed by atoms with Crippen molar-refractivity contribution in [3.8, 4) is 0 Å². The van der Waals surface area contributed by atoms with Crippen LogP contribution in [-0.4, -0.2) is 4.98 Å². The Morgan fingerprint density at radius 1 is 1.20 bits per heavy atom. The summed E-state index contributed by atoms with van der Waals surface area (Å²) >= 11 is 0. The number of hydrogen-bond donors (Lipinski definition) is 1. The van der Waals surface area contributed by atoms with Crippen LogP contribution < -0.4 is 0 Å². The van der Waals surface area contributed by atoms with E-state index in [1.807, 2.05) is 0 Å². The molecule has 1 heteroatoms. The van der Waals surface area contributed by atoms with Crippen molar-refractivity contribution in [3.63, 3.8) is 0 Å². The van der Waals surface area contributed by atoms with E-state index in [4.69, 9.17) is 0 Å². The van der Waals surface area contributed by atoms with Gasteiger partial charge in [0.1, 0.15) is 0 Å². The minimum Gasteiger partial charge on any atom is -0.362 e. The van der Waals surface area contributed by atoms with E-state index in [0.29, 0.717) is 11.8 Å². The Morgan fingerprint density at radius 3 is 2.37 bits per heavy atom. The van der Waals surface area contributed by atoms with E-state index < -0.39 is 0 Å². The maximum Gasteiger partial charge on any atom is 0.0199 e. The molecule has 1 unspecified atom stereocenters. The predicted octanol–water partition coefficient (Wildman–Crippen LogP) is 8.59. The lowest BCUT2D eigenvalue weighted by Gasteiger charge is -2.20. The SMILES string of the molecule is CC=C(/C(C)=C\C(=C/C)c1c(C)[nH]c(CC)c1C)/C(=C\C(C)C)C1=CCC(C)C=C1. The fourth-order valence-corrected chi connectivity index (χ4v) is 4.41. The normalized spacial score (nSPS) is 19.0. The van der Waals surface area contributed by atoms with Crippen LogP contribution in [0.2, 0.25) is 0 Å². The summed E-state index contributed by atoms with van der Waals surface area (Å²) < 4.78 is 0. The van der Waals surface area contributed by atoms with Gasteiger partial charge in [0, 0.05) is 17.0 Å². The minimum atomic E-state index is 0.499. The van der Waals surface area contributed by atoms with Crippen LogP contribution in [0.15, 0.2) is 64.8 Å². The smallest absolute Gasteiger partial charge is 0.0199 e. The van der Waals surface area contributed by atoms with Gasteiger partial charge < -0.3 is 4.98 Å². The first kappa shape index (κ1) is 24.0. The molecule has 1 nitrogen and oxygen atoms in total. The summed E-state index contributed by atoms with van der Waals surface area (Å²) in [4.78, 5) is 3.58. The lowest BCUT2D eigenvalue weighted by atomic mass is 9.85. The number of allylic oxidation sites excluding steroid dienone is 12. The molecule has 1 aromatic heterocycles. The minimum absolute atomic E-state index is 0.499. The van der Waals surface area contributed by atoms with E-state index in [2.05, 4.69) is 110 Å². The van der Waals surface area contributed by atoms with Gasteiger partial charge in [0.25, 0.3) is 0 Å². The number of hydrogen-bond acceptors (Lipinski definition) is 0. The second kappa shape index (κ2) is 10.7. The molecule has 162 valence electrons. The summed E-state index contributed by atoms with van der Waals surface area (Å²) in [5, 5.41) is 0. The lowest BCUT2D eigenvalue weighted by molar-refractivity contribution is 0.731. The number of H-pyrrole nitrogens is 1. The van der Waals surface area contributed by atoms with Crippen LogP contribution in [0, 0.1) is 25.7 Å². The van der Waals surface area contributed by atoms with Gasteiger partial charge in [0.2, 0.25) is 0 Å². The molecule has 1 aliphatic rings. The summed E-state index contributed by atoms with van der Waals surface area (Å²) in [6, 6.07) is 0. The average molecular weight is 404 g/mol. The van der Waals surface area contributed by atoms with E-state index in [9.17, 15) is 0 Å². The molecule has 1 aromatic rings. The van der Waals surface area contributed by atoms with E-state index in [1.165, 1.54) is 50.4 Å². The third kappa shape index (κ3) is 5.45. The van der Waals surface area contributed by atoms with Crippen molar-refractivity contribution >= 4 is 5.57 Å². The van der Waals surface area contributed by atoms with Gasteiger partial charge in [-0.25, -0.2) is 0 Å². The highest BCUT2D eigenvalue weighted by molar-refractivity contribution is 5.80. The first-order chi connectivity index (χ1) is 14.2. The third-order valence-electron chi connectivity index (χ3n) is 5.99. The van der Waals surface area contributed by atoms with Gasteiger partial charge in [-0.05, 0) is 92.7 Å². The van der Waals surface area contributed by atoms with Crippen molar-refractivity contribution in [2.24, 2.45) is 11.8 Å². The summed E-state index contributed by atoms with van der Waals surface area (Å²) in [6.45, 7) is 20.0. The molecule has 0 radical (unpaired) electrons. The van der Waals surface area contributed by atoms with Gasteiger partial charge in [0.15, 0.2) is 0 Å². The van der Waals surface area contributed by atoms with Crippen LogP contribution >= 0.6 is 0 Å². The highest BCUT2D eigenvalue weighted by atomic mass is 14.7. The molecule has 0 amide bonds. The second-order valence-corrected chi connectivity index (χ2v) is 8.91. The Labute approximate surface area is 185 Å². The fourth-order valence-electron chi connectivity index (χ4n) is 4.41. The molecule has 2 rings (SSSR count).